The molecule has 0 saturated carbocycles. The van der Waals surface area contributed by atoms with Crippen molar-refractivity contribution < 1.29 is 5.11 Å². The summed E-state index contributed by atoms with van der Waals surface area (Å²) >= 11 is -2.37. The van der Waals surface area contributed by atoms with Crippen molar-refractivity contribution >= 4 is 18.4 Å². The standard InChI is InChI=1S/C9H13O.3C4H9.Sn/c10-8-4-7-9-5-2-1-3-6-9;3*1-3-4-2;/h4-5,10H,1-3,6,8H2;3*1,3-4H2,2H3;. The Hall–Kier alpha value is 0.239. The monoisotopic (exact) mass is 428 g/mol. The molecule has 0 amide bonds. The predicted octanol–water partition coefficient (Wildman–Crippen LogP) is 6.79. The van der Waals surface area contributed by atoms with Crippen LogP contribution in [0.15, 0.2) is 21.3 Å². The van der Waals surface area contributed by atoms with Gasteiger partial charge in [-0.1, -0.05) is 0 Å². The molecule has 0 aliphatic heterocycles. The summed E-state index contributed by atoms with van der Waals surface area (Å²) in [7, 11) is 0. The summed E-state index contributed by atoms with van der Waals surface area (Å²) in [6.45, 7) is 7.26. The Kier molecular flexibility index (Phi) is 11.6. The van der Waals surface area contributed by atoms with E-state index in [2.05, 4.69) is 32.9 Å². The first kappa shape index (κ1) is 21.3. The van der Waals surface area contributed by atoms with E-state index in [9.17, 15) is 5.11 Å². The van der Waals surface area contributed by atoms with Crippen molar-refractivity contribution in [1.82, 2.24) is 0 Å². The van der Waals surface area contributed by atoms with Crippen LogP contribution in [0.5, 0.6) is 0 Å². The van der Waals surface area contributed by atoms with E-state index in [0.29, 0.717) is 0 Å². The van der Waals surface area contributed by atoms with Crippen LogP contribution in [-0.2, 0) is 0 Å². The number of aliphatic hydroxyl groups is 1. The molecule has 0 fully saturated rings. The average molecular weight is 427 g/mol. The molecule has 0 saturated heterocycles. The number of hydrogen-bond donors (Lipinski definition) is 1. The second-order valence-corrected chi connectivity index (χ2v) is 20.5. The molecule has 0 aromatic carbocycles. The molecule has 134 valence electrons. The van der Waals surface area contributed by atoms with Gasteiger partial charge in [0.2, 0.25) is 0 Å². The van der Waals surface area contributed by atoms with Gasteiger partial charge >= 0.3 is 150 Å². The summed E-state index contributed by atoms with van der Waals surface area (Å²) in [5.41, 5.74) is 1.66. The first-order valence-corrected chi connectivity index (χ1v) is 17.7. The van der Waals surface area contributed by atoms with Crippen molar-refractivity contribution in [3.63, 3.8) is 0 Å². The third kappa shape index (κ3) is 6.94. The van der Waals surface area contributed by atoms with Crippen LogP contribution in [0, 0.1) is 0 Å². The molecule has 2 heteroatoms. The van der Waals surface area contributed by atoms with Crippen LogP contribution in [0.25, 0.3) is 0 Å². The normalized spacial score (nSPS) is 16.5. The summed E-state index contributed by atoms with van der Waals surface area (Å²) in [5, 5.41) is 9.74. The van der Waals surface area contributed by atoms with Gasteiger partial charge in [0.1, 0.15) is 0 Å². The molecule has 0 atom stereocenters. The second-order valence-electron chi connectivity index (χ2n) is 7.37. The summed E-state index contributed by atoms with van der Waals surface area (Å²) in [5.74, 6) is 0. The van der Waals surface area contributed by atoms with Crippen LogP contribution in [0.3, 0.4) is 0 Å². The van der Waals surface area contributed by atoms with Crippen LogP contribution in [0.1, 0.15) is 85.0 Å². The molecule has 23 heavy (non-hydrogen) atoms. The van der Waals surface area contributed by atoms with Gasteiger partial charge < -0.3 is 0 Å². The minimum atomic E-state index is -2.37. The van der Waals surface area contributed by atoms with Crippen molar-refractivity contribution in [3.8, 4) is 0 Å². The third-order valence-electron chi connectivity index (χ3n) is 5.53. The topological polar surface area (TPSA) is 20.2 Å². The summed E-state index contributed by atoms with van der Waals surface area (Å²) in [6, 6.07) is 0. The fraction of sp³-hybridized carbons (Fsp3) is 0.810. The Morgan fingerprint density at radius 1 is 1.00 bits per heavy atom. The number of allylic oxidation sites excluding steroid dienone is 3. The fourth-order valence-corrected chi connectivity index (χ4v) is 21.5. The van der Waals surface area contributed by atoms with Gasteiger partial charge in [-0.3, -0.25) is 0 Å². The van der Waals surface area contributed by atoms with Crippen LogP contribution in [0.2, 0.25) is 13.3 Å². The van der Waals surface area contributed by atoms with E-state index in [-0.39, 0.29) is 6.61 Å². The Labute approximate surface area is 149 Å². The van der Waals surface area contributed by atoms with Crippen LogP contribution >= 0.6 is 0 Å². The first-order chi connectivity index (χ1) is 11.2. The molecule has 0 heterocycles. The summed E-state index contributed by atoms with van der Waals surface area (Å²) in [4.78, 5) is 0. The van der Waals surface area contributed by atoms with Gasteiger partial charge in [-0.25, -0.2) is 0 Å². The number of unbranched alkanes of at least 4 members (excludes halogenated alkanes) is 3. The summed E-state index contributed by atoms with van der Waals surface area (Å²) < 4.78 is 6.26. The van der Waals surface area contributed by atoms with E-state index in [1.54, 1.807) is 9.16 Å². The maximum absolute atomic E-state index is 9.74. The SMILES string of the molecule is CCC[CH2][Sn]([CH2]CCC)([CH2]CCC)/[C](=C/CO)C1=CCCCC1. The zero-order valence-corrected chi connectivity index (χ0v) is 18.9. The van der Waals surface area contributed by atoms with Crippen molar-refractivity contribution in [2.45, 2.75) is 98.3 Å². The second kappa shape index (κ2) is 12.6. The van der Waals surface area contributed by atoms with Gasteiger partial charge in [0.15, 0.2) is 0 Å². The molecule has 1 rings (SSSR count). The van der Waals surface area contributed by atoms with Crippen molar-refractivity contribution in [3.05, 3.63) is 21.3 Å². The van der Waals surface area contributed by atoms with E-state index in [1.807, 2.05) is 0 Å². The molecule has 0 unspecified atom stereocenters. The molecule has 0 aromatic rings. The fourth-order valence-electron chi connectivity index (χ4n) is 4.19. The van der Waals surface area contributed by atoms with Crippen LogP contribution in [0.4, 0.5) is 0 Å². The Bertz CT molecular complexity index is 348. The molecule has 0 radical (unpaired) electrons. The molecule has 1 aliphatic carbocycles. The van der Waals surface area contributed by atoms with Crippen molar-refractivity contribution in [2.75, 3.05) is 6.61 Å². The Morgan fingerprint density at radius 2 is 1.57 bits per heavy atom. The first-order valence-electron chi connectivity index (χ1n) is 10.2. The van der Waals surface area contributed by atoms with E-state index in [1.165, 1.54) is 77.5 Å². The minimum absolute atomic E-state index is 0.246. The van der Waals surface area contributed by atoms with E-state index in [4.69, 9.17) is 0 Å². The molecule has 0 aromatic heterocycles. The Balaban J connectivity index is 3.15. The van der Waals surface area contributed by atoms with Gasteiger partial charge in [0.25, 0.3) is 0 Å². The number of rotatable bonds is 12. The van der Waals surface area contributed by atoms with Gasteiger partial charge in [-0.15, -0.1) is 0 Å². The van der Waals surface area contributed by atoms with E-state index < -0.39 is 18.4 Å². The van der Waals surface area contributed by atoms with Crippen molar-refractivity contribution in [1.29, 1.82) is 0 Å². The number of hydrogen-bond acceptors (Lipinski definition) is 1. The van der Waals surface area contributed by atoms with Gasteiger partial charge in [-0.2, -0.15) is 0 Å². The van der Waals surface area contributed by atoms with Crippen LogP contribution < -0.4 is 0 Å². The quantitative estimate of drug-likeness (QED) is 0.340. The van der Waals surface area contributed by atoms with Gasteiger partial charge in [0.05, 0.1) is 0 Å². The zero-order valence-electron chi connectivity index (χ0n) is 16.0. The predicted molar refractivity (Wildman–Crippen MR) is 107 cm³/mol. The van der Waals surface area contributed by atoms with Gasteiger partial charge in [0, 0.05) is 0 Å². The molecular formula is C21H40OSn. The van der Waals surface area contributed by atoms with Gasteiger partial charge in [-0.05, 0) is 0 Å². The zero-order chi connectivity index (χ0) is 17.0. The molecule has 1 nitrogen and oxygen atoms in total. The average Bonchev–Trinajstić information content (AvgIpc) is 2.60. The number of aliphatic hydroxyl groups excluding tert-OH is 1. The third-order valence-corrected chi connectivity index (χ3v) is 21.5. The molecule has 0 spiro atoms. The molecule has 0 bridgehead atoms. The van der Waals surface area contributed by atoms with Crippen LogP contribution in [-0.4, -0.2) is 30.1 Å². The van der Waals surface area contributed by atoms with E-state index in [0.717, 1.165) is 0 Å². The molecule has 1 N–H and O–H groups in total. The molecular weight excluding hydrogens is 387 g/mol. The van der Waals surface area contributed by atoms with E-state index >= 15 is 0 Å². The molecule has 1 aliphatic rings. The van der Waals surface area contributed by atoms with Crippen molar-refractivity contribution in [2.24, 2.45) is 0 Å². The maximum atomic E-state index is 9.74. The Morgan fingerprint density at radius 3 is 1.96 bits per heavy atom. The summed E-state index contributed by atoms with van der Waals surface area (Å²) in [6.07, 6.45) is 18.2.